The van der Waals surface area contributed by atoms with Crippen LogP contribution in [0.3, 0.4) is 0 Å². The molecule has 3 heteroatoms. The first-order valence-electron chi connectivity index (χ1n) is 0.529. The maximum atomic E-state index is 10.1. The summed E-state index contributed by atoms with van der Waals surface area (Å²) in [6, 6.07) is 0. The summed E-state index contributed by atoms with van der Waals surface area (Å²) in [6.07, 6.45) is 0. The van der Waals surface area contributed by atoms with Gasteiger partial charge in [-0.2, -0.15) is 0 Å². The van der Waals surface area contributed by atoms with Crippen LogP contribution in [0.1, 0.15) is 0 Å². The van der Waals surface area contributed by atoms with Crippen molar-refractivity contribution in [1.29, 1.82) is 0 Å². The fourth-order valence-electron chi connectivity index (χ4n) is 0. The molecule has 0 heterocycles. The van der Waals surface area contributed by atoms with E-state index in [9.17, 15) is 8.78 Å². The van der Waals surface area contributed by atoms with Crippen molar-refractivity contribution in [3.8, 4) is 0 Å². The van der Waals surface area contributed by atoms with Crippen molar-refractivity contribution in [2.45, 2.75) is 0 Å². The Balaban J connectivity index is 2.80. The molecule has 0 aromatic heterocycles. The minimum absolute atomic E-state index is 2.02. The molecule has 0 aliphatic heterocycles. The number of hydrogen-bond donors (Lipinski definition) is 0. The second-order valence-electron chi connectivity index (χ2n) is 0.185. The Morgan fingerprint density at radius 2 is 1.50 bits per heavy atom. The maximum absolute atomic E-state index is 10.1. The van der Waals surface area contributed by atoms with Crippen LogP contribution in [0.4, 0.5) is 8.78 Å². The molecule has 0 nitrogen and oxygen atoms in total. The van der Waals surface area contributed by atoms with Crippen LogP contribution in [0.25, 0.3) is 0 Å². The van der Waals surface area contributed by atoms with Gasteiger partial charge in [-0.25, -0.2) is 0 Å². The third-order valence-corrected chi connectivity index (χ3v) is 0. The molecule has 0 fully saturated rings. The molecule has 0 atom stereocenters. The van der Waals surface area contributed by atoms with Crippen molar-refractivity contribution in [2.75, 3.05) is 0 Å². The van der Waals surface area contributed by atoms with E-state index in [1.807, 2.05) is 0 Å². The topological polar surface area (TPSA) is 0 Å². The molecule has 0 radical (unpaired) electrons. The van der Waals surface area contributed by atoms with Gasteiger partial charge < -0.3 is 0 Å². The summed E-state index contributed by atoms with van der Waals surface area (Å²) < 4.78 is 20.1. The van der Waals surface area contributed by atoms with Gasteiger partial charge in [-0.1, -0.05) is 0 Å². The summed E-state index contributed by atoms with van der Waals surface area (Å²) in [6.45, 7) is 0. The van der Waals surface area contributed by atoms with Gasteiger partial charge in [0, 0.05) is 0 Å². The quantitative estimate of drug-likeness (QED) is 0.403. The Morgan fingerprint density at radius 3 is 1.50 bits per heavy atom. The van der Waals surface area contributed by atoms with Gasteiger partial charge in [-0.15, -0.1) is 0 Å². The molecule has 0 aromatic carbocycles. The Hall–Kier alpha value is 0.249. The molecule has 0 saturated carbocycles. The van der Waals surface area contributed by atoms with Crippen molar-refractivity contribution in [2.24, 2.45) is 0 Å². The molecule has 0 spiro atoms. The SMILES string of the molecule is F[C](F)=[Cu]. The zero-order chi connectivity index (χ0) is 3.58. The molecule has 0 rings (SSSR count). The van der Waals surface area contributed by atoms with Crippen LogP contribution in [0, 0.1) is 0 Å². The molecule has 29 valence electrons. The van der Waals surface area contributed by atoms with Gasteiger partial charge >= 0.3 is 29.3 Å². The second-order valence-corrected chi connectivity index (χ2v) is 0.541. The molecule has 0 bridgehead atoms. The van der Waals surface area contributed by atoms with Crippen LogP contribution in [0.5, 0.6) is 0 Å². The van der Waals surface area contributed by atoms with E-state index in [0.717, 1.165) is 0 Å². The fraction of sp³-hybridized carbons (Fsp3) is 0. The molecular weight excluding hydrogens is 114 g/mol. The molecule has 0 aliphatic carbocycles. The fourth-order valence-corrected chi connectivity index (χ4v) is 0. The van der Waals surface area contributed by atoms with Crippen molar-refractivity contribution in [3.05, 3.63) is 0 Å². The summed E-state index contributed by atoms with van der Waals surface area (Å²) in [7, 11) is 0. The Kier molecular flexibility index (Phi) is 1.65. The van der Waals surface area contributed by atoms with Gasteiger partial charge in [0.2, 0.25) is 0 Å². The van der Waals surface area contributed by atoms with Crippen molar-refractivity contribution < 1.29 is 24.4 Å². The summed E-state index contributed by atoms with van der Waals surface area (Å²) in [4.78, 5) is -2.02. The zero-order valence-corrected chi connectivity index (χ0v) is 2.50. The van der Waals surface area contributed by atoms with Crippen LogP contribution < -0.4 is 0 Å². The molecule has 0 aromatic rings. The average Bonchev–Trinajstić information content (AvgIpc) is 0.811. The Labute approximate surface area is 30.2 Å². The average molecular weight is 114 g/mol. The van der Waals surface area contributed by atoms with Crippen LogP contribution in [-0.2, 0) is 15.6 Å². The summed E-state index contributed by atoms with van der Waals surface area (Å²) >= 11 is 3.33. The van der Waals surface area contributed by atoms with Gasteiger partial charge in [0.05, 0.1) is 0 Å². The van der Waals surface area contributed by atoms with E-state index in [0.29, 0.717) is 0 Å². The predicted octanol–water partition coefficient (Wildman–Crippen LogP) is 0.560. The molecule has 0 amide bonds. The van der Waals surface area contributed by atoms with E-state index in [4.69, 9.17) is 0 Å². The van der Waals surface area contributed by atoms with E-state index < -0.39 is 4.93 Å². The molecule has 0 unspecified atom stereocenters. The first-order valence-corrected chi connectivity index (χ1v) is 1.000. The number of rotatable bonds is 0. The molecular formula is CCuF2. The first-order chi connectivity index (χ1) is 1.73. The molecule has 0 saturated heterocycles. The van der Waals surface area contributed by atoms with Crippen molar-refractivity contribution >= 4 is 4.93 Å². The molecule has 4 heavy (non-hydrogen) atoms. The van der Waals surface area contributed by atoms with E-state index >= 15 is 0 Å². The van der Waals surface area contributed by atoms with Gasteiger partial charge in [0.1, 0.15) is 0 Å². The van der Waals surface area contributed by atoms with Crippen molar-refractivity contribution in [1.82, 2.24) is 0 Å². The summed E-state index contributed by atoms with van der Waals surface area (Å²) in [5, 5.41) is 0. The zero-order valence-electron chi connectivity index (χ0n) is 1.56. The monoisotopic (exact) mass is 113 g/mol. The molecule has 0 aliphatic rings. The van der Waals surface area contributed by atoms with Crippen LogP contribution in [-0.4, -0.2) is 4.93 Å². The van der Waals surface area contributed by atoms with E-state index in [1.54, 1.807) is 0 Å². The van der Waals surface area contributed by atoms with Crippen LogP contribution in [0.15, 0.2) is 0 Å². The van der Waals surface area contributed by atoms with Gasteiger partial charge in [-0.3, -0.25) is 0 Å². The van der Waals surface area contributed by atoms with Crippen LogP contribution in [0.2, 0.25) is 0 Å². The van der Waals surface area contributed by atoms with E-state index in [2.05, 4.69) is 15.6 Å². The first kappa shape index (κ1) is 4.25. The normalized spacial score (nSPS) is 7.00. The second kappa shape index (κ2) is 1.56. The standard InChI is InChI=1S/CF2.Cu/c2-1-3;. The Bertz CT molecular complexity index is 29.0. The van der Waals surface area contributed by atoms with Crippen molar-refractivity contribution in [3.63, 3.8) is 0 Å². The summed E-state index contributed by atoms with van der Waals surface area (Å²) in [5.74, 6) is 0. The summed E-state index contributed by atoms with van der Waals surface area (Å²) in [5.41, 5.74) is 0. The van der Waals surface area contributed by atoms with E-state index in [1.165, 1.54) is 0 Å². The predicted molar refractivity (Wildman–Crippen MR) is 7.22 cm³/mol. The van der Waals surface area contributed by atoms with Crippen LogP contribution >= 0.6 is 0 Å². The number of halogens is 2. The van der Waals surface area contributed by atoms with E-state index in [-0.39, 0.29) is 0 Å². The van der Waals surface area contributed by atoms with Gasteiger partial charge in [0.15, 0.2) is 0 Å². The Morgan fingerprint density at radius 1 is 1.50 bits per heavy atom. The van der Waals surface area contributed by atoms with Gasteiger partial charge in [0.25, 0.3) is 0 Å². The number of hydrogen-bond acceptors (Lipinski definition) is 0. The third kappa shape index (κ3) is 56.4. The minimum atomic E-state index is -2.02. The van der Waals surface area contributed by atoms with Gasteiger partial charge in [-0.05, 0) is 0 Å². The molecule has 0 N–H and O–H groups in total. The third-order valence-electron chi connectivity index (χ3n) is 0.